The molecule has 0 spiro atoms. The van der Waals surface area contributed by atoms with Gasteiger partial charge in [-0.15, -0.1) is 11.3 Å². The van der Waals surface area contributed by atoms with E-state index in [0.717, 1.165) is 25.9 Å². The molecule has 0 bridgehead atoms. The van der Waals surface area contributed by atoms with E-state index in [0.29, 0.717) is 0 Å². The smallest absolute Gasteiger partial charge is 0.224 e. The van der Waals surface area contributed by atoms with E-state index in [-0.39, 0.29) is 17.9 Å². The second-order valence-electron chi connectivity index (χ2n) is 4.29. The van der Waals surface area contributed by atoms with Crippen molar-refractivity contribution >= 4 is 17.2 Å². The molecule has 0 saturated carbocycles. The number of piperidine rings is 1. The van der Waals surface area contributed by atoms with Gasteiger partial charge in [0.15, 0.2) is 0 Å². The maximum Gasteiger partial charge on any atom is 0.224 e. The lowest BCUT2D eigenvalue weighted by molar-refractivity contribution is -0.126. The number of thiophene rings is 1. The van der Waals surface area contributed by atoms with Crippen LogP contribution in [0.2, 0.25) is 0 Å². The molecule has 1 amide bonds. The summed E-state index contributed by atoms with van der Waals surface area (Å²) in [6.07, 6.45) is 2.11. The van der Waals surface area contributed by atoms with E-state index in [1.165, 1.54) is 4.88 Å². The van der Waals surface area contributed by atoms with Gasteiger partial charge in [0, 0.05) is 11.4 Å². The molecule has 2 heterocycles. The Bertz CT molecular complexity index is 331. The molecule has 1 saturated heterocycles. The monoisotopic (exact) mass is 238 g/mol. The van der Waals surface area contributed by atoms with Gasteiger partial charge in [-0.3, -0.25) is 4.79 Å². The molecular weight excluding hydrogens is 220 g/mol. The highest BCUT2D eigenvalue weighted by molar-refractivity contribution is 7.10. The highest BCUT2D eigenvalue weighted by atomic mass is 32.1. The standard InChI is InChI=1S/C12H18N2OS/c1-9(11-5-3-7-16-11)14-12(15)10-4-2-6-13-8-10/h3,5,7,9-10,13H,2,4,6,8H2,1H3,(H,14,15)/t9-,10?/m1/s1. The first-order valence-electron chi connectivity index (χ1n) is 5.82. The van der Waals surface area contributed by atoms with Crippen LogP contribution in [0, 0.1) is 5.92 Å². The van der Waals surface area contributed by atoms with Gasteiger partial charge in [-0.25, -0.2) is 0 Å². The first kappa shape index (κ1) is 11.6. The van der Waals surface area contributed by atoms with Crippen molar-refractivity contribution in [3.05, 3.63) is 22.4 Å². The molecule has 1 fully saturated rings. The molecule has 0 aromatic carbocycles. The third-order valence-corrected chi connectivity index (χ3v) is 4.05. The van der Waals surface area contributed by atoms with E-state index in [9.17, 15) is 4.79 Å². The SMILES string of the molecule is C[C@@H](NC(=O)C1CCCNC1)c1cccs1. The third-order valence-electron chi connectivity index (χ3n) is 3.00. The fraction of sp³-hybridized carbons (Fsp3) is 0.583. The lowest BCUT2D eigenvalue weighted by Gasteiger charge is -2.23. The number of nitrogens with one attached hydrogen (secondary N) is 2. The Morgan fingerprint density at radius 1 is 1.69 bits per heavy atom. The van der Waals surface area contributed by atoms with E-state index >= 15 is 0 Å². The molecule has 2 N–H and O–H groups in total. The summed E-state index contributed by atoms with van der Waals surface area (Å²) < 4.78 is 0. The molecule has 2 atom stereocenters. The predicted octanol–water partition coefficient (Wildman–Crippen LogP) is 1.92. The number of amides is 1. The minimum absolute atomic E-state index is 0.134. The summed E-state index contributed by atoms with van der Waals surface area (Å²) in [5.41, 5.74) is 0. The molecule has 3 nitrogen and oxygen atoms in total. The zero-order valence-corrected chi connectivity index (χ0v) is 10.3. The van der Waals surface area contributed by atoms with Crippen LogP contribution in [0.1, 0.15) is 30.7 Å². The van der Waals surface area contributed by atoms with Crippen LogP contribution < -0.4 is 10.6 Å². The van der Waals surface area contributed by atoms with Gasteiger partial charge in [-0.2, -0.15) is 0 Å². The second kappa shape index (κ2) is 5.46. The van der Waals surface area contributed by atoms with Gasteiger partial charge in [-0.1, -0.05) is 6.07 Å². The Kier molecular flexibility index (Phi) is 3.96. The van der Waals surface area contributed by atoms with Crippen LogP contribution in [-0.4, -0.2) is 19.0 Å². The van der Waals surface area contributed by atoms with Crippen molar-refractivity contribution in [2.75, 3.05) is 13.1 Å². The van der Waals surface area contributed by atoms with Crippen LogP contribution in [0.5, 0.6) is 0 Å². The molecule has 1 aromatic heterocycles. The molecule has 0 radical (unpaired) electrons. The average Bonchev–Trinajstić information content (AvgIpc) is 2.83. The minimum atomic E-state index is 0.134. The Morgan fingerprint density at radius 3 is 3.19 bits per heavy atom. The Labute approximate surface area is 100 Å². The maximum atomic E-state index is 12.0. The van der Waals surface area contributed by atoms with E-state index < -0.39 is 0 Å². The molecule has 1 aliphatic heterocycles. The average molecular weight is 238 g/mol. The predicted molar refractivity (Wildman–Crippen MR) is 66.5 cm³/mol. The van der Waals surface area contributed by atoms with Crippen LogP contribution in [-0.2, 0) is 4.79 Å². The highest BCUT2D eigenvalue weighted by Crippen LogP contribution is 2.19. The van der Waals surface area contributed by atoms with E-state index in [2.05, 4.69) is 16.7 Å². The third kappa shape index (κ3) is 2.83. The Balaban J connectivity index is 1.86. The van der Waals surface area contributed by atoms with Gasteiger partial charge >= 0.3 is 0 Å². The van der Waals surface area contributed by atoms with Gasteiger partial charge in [0.1, 0.15) is 0 Å². The quantitative estimate of drug-likeness (QED) is 0.845. The minimum Gasteiger partial charge on any atom is -0.348 e. The molecule has 88 valence electrons. The summed E-state index contributed by atoms with van der Waals surface area (Å²) in [5.74, 6) is 0.337. The zero-order valence-electron chi connectivity index (χ0n) is 9.53. The second-order valence-corrected chi connectivity index (χ2v) is 5.27. The number of hydrogen-bond donors (Lipinski definition) is 2. The normalized spacial score (nSPS) is 22.7. The summed E-state index contributed by atoms with van der Waals surface area (Å²) in [4.78, 5) is 13.2. The number of rotatable bonds is 3. The highest BCUT2D eigenvalue weighted by Gasteiger charge is 2.22. The van der Waals surface area contributed by atoms with Crippen molar-refractivity contribution in [1.29, 1.82) is 0 Å². The van der Waals surface area contributed by atoms with Crippen molar-refractivity contribution in [2.45, 2.75) is 25.8 Å². The Hall–Kier alpha value is -0.870. The van der Waals surface area contributed by atoms with Gasteiger partial charge in [0.05, 0.1) is 12.0 Å². The molecular formula is C12H18N2OS. The van der Waals surface area contributed by atoms with Gasteiger partial charge in [0.2, 0.25) is 5.91 Å². The molecule has 4 heteroatoms. The molecule has 1 aliphatic rings. The van der Waals surface area contributed by atoms with Gasteiger partial charge < -0.3 is 10.6 Å². The Morgan fingerprint density at radius 2 is 2.56 bits per heavy atom. The van der Waals surface area contributed by atoms with Gasteiger partial charge in [0.25, 0.3) is 0 Å². The van der Waals surface area contributed by atoms with Crippen molar-refractivity contribution in [3.63, 3.8) is 0 Å². The number of hydrogen-bond acceptors (Lipinski definition) is 3. The van der Waals surface area contributed by atoms with Gasteiger partial charge in [-0.05, 0) is 37.8 Å². The van der Waals surface area contributed by atoms with Crippen LogP contribution in [0.4, 0.5) is 0 Å². The molecule has 2 rings (SSSR count). The zero-order chi connectivity index (χ0) is 11.4. The molecule has 0 aliphatic carbocycles. The fourth-order valence-electron chi connectivity index (χ4n) is 2.02. The van der Waals surface area contributed by atoms with Crippen molar-refractivity contribution in [1.82, 2.24) is 10.6 Å². The molecule has 1 aromatic rings. The first-order chi connectivity index (χ1) is 7.77. The van der Waals surface area contributed by atoms with E-state index in [4.69, 9.17) is 0 Å². The van der Waals surface area contributed by atoms with Crippen LogP contribution in [0.15, 0.2) is 17.5 Å². The lowest BCUT2D eigenvalue weighted by atomic mass is 9.98. The number of carbonyl (C=O) groups is 1. The maximum absolute atomic E-state index is 12.0. The van der Waals surface area contributed by atoms with E-state index in [1.54, 1.807) is 11.3 Å². The van der Waals surface area contributed by atoms with Crippen LogP contribution >= 0.6 is 11.3 Å². The number of carbonyl (C=O) groups excluding carboxylic acids is 1. The first-order valence-corrected chi connectivity index (χ1v) is 6.70. The molecule has 1 unspecified atom stereocenters. The summed E-state index contributed by atoms with van der Waals surface area (Å²) in [7, 11) is 0. The lowest BCUT2D eigenvalue weighted by Crippen LogP contribution is -2.41. The van der Waals surface area contributed by atoms with Crippen molar-refractivity contribution in [2.24, 2.45) is 5.92 Å². The van der Waals surface area contributed by atoms with Crippen molar-refractivity contribution < 1.29 is 4.79 Å². The fourth-order valence-corrected chi connectivity index (χ4v) is 2.75. The summed E-state index contributed by atoms with van der Waals surface area (Å²) >= 11 is 1.69. The topological polar surface area (TPSA) is 41.1 Å². The van der Waals surface area contributed by atoms with Crippen molar-refractivity contribution in [3.8, 4) is 0 Å². The largest absolute Gasteiger partial charge is 0.348 e. The van der Waals surface area contributed by atoms with Crippen LogP contribution in [0.3, 0.4) is 0 Å². The van der Waals surface area contributed by atoms with E-state index in [1.807, 2.05) is 18.4 Å². The molecule has 16 heavy (non-hydrogen) atoms. The summed E-state index contributed by atoms with van der Waals surface area (Å²) in [6, 6.07) is 4.22. The summed E-state index contributed by atoms with van der Waals surface area (Å²) in [6.45, 7) is 3.91. The van der Waals surface area contributed by atoms with Crippen LogP contribution in [0.25, 0.3) is 0 Å². The summed E-state index contributed by atoms with van der Waals surface area (Å²) in [5, 5.41) is 8.39.